The van der Waals surface area contributed by atoms with E-state index in [1.54, 1.807) is 25.4 Å². The minimum Gasteiger partial charge on any atom is -0.497 e. The Balaban J connectivity index is 1.76. The lowest BCUT2D eigenvalue weighted by Crippen LogP contribution is -2.02. The van der Waals surface area contributed by atoms with Gasteiger partial charge in [-0.1, -0.05) is 18.2 Å². The summed E-state index contributed by atoms with van der Waals surface area (Å²) in [6.45, 7) is 0.638. The predicted molar refractivity (Wildman–Crippen MR) is 88.9 cm³/mol. The van der Waals surface area contributed by atoms with E-state index in [1.165, 1.54) is 0 Å². The summed E-state index contributed by atoms with van der Waals surface area (Å²) in [6.07, 6.45) is 3.54. The molecule has 6 nitrogen and oxygen atoms in total. The quantitative estimate of drug-likeness (QED) is 0.754. The number of carboxylic acid groups (broad SMARTS) is 1. The first kappa shape index (κ1) is 15.7. The molecular formula is C18H17N3O3. The van der Waals surface area contributed by atoms with Crippen LogP contribution in [0.5, 0.6) is 5.75 Å². The number of methoxy groups -OCH3 is 1. The highest BCUT2D eigenvalue weighted by molar-refractivity contribution is 5.70. The molecular weight excluding hydrogens is 306 g/mol. The highest BCUT2D eigenvalue weighted by Gasteiger charge is 2.07. The van der Waals surface area contributed by atoms with E-state index in [9.17, 15) is 4.79 Å². The number of benzene rings is 1. The number of ether oxygens (including phenoxy) is 1. The Labute approximate surface area is 139 Å². The van der Waals surface area contributed by atoms with Gasteiger partial charge in [-0.15, -0.1) is 0 Å². The Bertz CT molecular complexity index is 841. The molecule has 0 aliphatic rings. The molecule has 0 amide bonds. The Morgan fingerprint density at radius 1 is 1.21 bits per heavy atom. The molecule has 0 spiro atoms. The third-order valence-electron chi connectivity index (χ3n) is 3.57. The number of pyridine rings is 1. The second-order valence-electron chi connectivity index (χ2n) is 5.36. The average Bonchev–Trinajstić information content (AvgIpc) is 3.04. The topological polar surface area (TPSA) is 77.2 Å². The summed E-state index contributed by atoms with van der Waals surface area (Å²) in [5.41, 5.74) is 3.21. The van der Waals surface area contributed by atoms with E-state index in [4.69, 9.17) is 9.84 Å². The van der Waals surface area contributed by atoms with Gasteiger partial charge in [-0.05, 0) is 29.8 Å². The first-order valence-electron chi connectivity index (χ1n) is 7.47. The van der Waals surface area contributed by atoms with Crippen molar-refractivity contribution in [3.63, 3.8) is 0 Å². The first-order valence-corrected chi connectivity index (χ1v) is 7.47. The largest absolute Gasteiger partial charge is 0.497 e. The zero-order valence-electron chi connectivity index (χ0n) is 13.2. The van der Waals surface area contributed by atoms with Crippen LogP contribution in [0.1, 0.15) is 11.3 Å². The first-order chi connectivity index (χ1) is 11.6. The summed E-state index contributed by atoms with van der Waals surface area (Å²) in [5.74, 6) is -0.0748. The van der Waals surface area contributed by atoms with Crippen LogP contribution >= 0.6 is 0 Å². The molecule has 6 heteroatoms. The van der Waals surface area contributed by atoms with Gasteiger partial charge in [-0.2, -0.15) is 5.10 Å². The van der Waals surface area contributed by atoms with E-state index in [1.807, 2.05) is 41.2 Å². The molecule has 122 valence electrons. The molecule has 2 heterocycles. The van der Waals surface area contributed by atoms with E-state index in [2.05, 4.69) is 10.1 Å². The number of carbonyl (C=O) groups is 1. The van der Waals surface area contributed by atoms with Crippen molar-refractivity contribution in [1.82, 2.24) is 14.8 Å². The minimum atomic E-state index is -0.894. The van der Waals surface area contributed by atoms with Crippen molar-refractivity contribution in [3.05, 3.63) is 66.1 Å². The average molecular weight is 323 g/mol. The molecule has 24 heavy (non-hydrogen) atoms. The van der Waals surface area contributed by atoms with Crippen LogP contribution in [0.15, 0.2) is 54.9 Å². The van der Waals surface area contributed by atoms with Crippen molar-refractivity contribution >= 4 is 5.97 Å². The van der Waals surface area contributed by atoms with Crippen LogP contribution in [-0.4, -0.2) is 33.0 Å². The van der Waals surface area contributed by atoms with Gasteiger partial charge in [-0.25, -0.2) is 0 Å². The molecule has 0 unspecified atom stereocenters. The maximum Gasteiger partial charge on any atom is 0.309 e. The van der Waals surface area contributed by atoms with Gasteiger partial charge in [0.15, 0.2) is 0 Å². The fraction of sp³-hybridized carbons (Fsp3) is 0.167. The van der Waals surface area contributed by atoms with Crippen LogP contribution in [0.25, 0.3) is 11.3 Å². The van der Waals surface area contributed by atoms with Crippen molar-refractivity contribution in [2.24, 2.45) is 0 Å². The SMILES string of the molecule is COc1ccc(Cn2cc(-c3cccc(CC(=O)O)n3)cn2)cc1. The molecule has 1 aromatic carbocycles. The van der Waals surface area contributed by atoms with Crippen molar-refractivity contribution in [1.29, 1.82) is 0 Å². The third-order valence-corrected chi connectivity index (χ3v) is 3.57. The summed E-state index contributed by atoms with van der Waals surface area (Å²) in [7, 11) is 1.64. The van der Waals surface area contributed by atoms with Crippen LogP contribution in [0.4, 0.5) is 0 Å². The Morgan fingerprint density at radius 3 is 2.71 bits per heavy atom. The molecule has 3 rings (SSSR count). The molecule has 0 fully saturated rings. The van der Waals surface area contributed by atoms with Crippen molar-refractivity contribution in [2.45, 2.75) is 13.0 Å². The zero-order chi connectivity index (χ0) is 16.9. The summed E-state index contributed by atoms with van der Waals surface area (Å²) >= 11 is 0. The highest BCUT2D eigenvalue weighted by Crippen LogP contribution is 2.18. The summed E-state index contributed by atoms with van der Waals surface area (Å²) in [6, 6.07) is 13.2. The predicted octanol–water partition coefficient (Wildman–Crippen LogP) is 2.63. The number of carboxylic acids is 1. The fourth-order valence-corrected chi connectivity index (χ4v) is 2.39. The van der Waals surface area contributed by atoms with Gasteiger partial charge in [0.25, 0.3) is 0 Å². The van der Waals surface area contributed by atoms with Crippen molar-refractivity contribution < 1.29 is 14.6 Å². The van der Waals surface area contributed by atoms with Gasteiger partial charge in [0.05, 0.1) is 37.7 Å². The summed E-state index contributed by atoms with van der Waals surface area (Å²) < 4.78 is 6.97. The Kier molecular flexibility index (Phi) is 4.56. The summed E-state index contributed by atoms with van der Waals surface area (Å²) in [5, 5.41) is 13.2. The number of hydrogen-bond donors (Lipinski definition) is 1. The van der Waals surface area contributed by atoms with Crippen LogP contribution in [0.3, 0.4) is 0 Å². The third kappa shape index (κ3) is 3.78. The normalized spacial score (nSPS) is 10.5. The molecule has 0 aliphatic carbocycles. The molecule has 3 aromatic rings. The number of nitrogens with zero attached hydrogens (tertiary/aromatic N) is 3. The van der Waals surface area contributed by atoms with Gasteiger partial charge in [0.1, 0.15) is 5.75 Å². The fourth-order valence-electron chi connectivity index (χ4n) is 2.39. The van der Waals surface area contributed by atoms with Gasteiger partial charge in [0, 0.05) is 11.8 Å². The zero-order valence-corrected chi connectivity index (χ0v) is 13.2. The lowest BCUT2D eigenvalue weighted by atomic mass is 10.2. The second-order valence-corrected chi connectivity index (χ2v) is 5.36. The molecule has 0 aliphatic heterocycles. The molecule has 0 bridgehead atoms. The molecule has 0 atom stereocenters. The number of aromatic nitrogens is 3. The van der Waals surface area contributed by atoms with Gasteiger partial charge in [-0.3, -0.25) is 14.5 Å². The summed E-state index contributed by atoms with van der Waals surface area (Å²) in [4.78, 5) is 15.2. The van der Waals surface area contributed by atoms with Crippen LogP contribution in [0, 0.1) is 0 Å². The van der Waals surface area contributed by atoms with E-state index in [0.717, 1.165) is 22.6 Å². The molecule has 1 N–H and O–H groups in total. The van der Waals surface area contributed by atoms with Crippen LogP contribution in [0.2, 0.25) is 0 Å². The molecule has 0 saturated heterocycles. The lowest BCUT2D eigenvalue weighted by molar-refractivity contribution is -0.136. The van der Waals surface area contributed by atoms with Gasteiger partial charge >= 0.3 is 5.97 Å². The van der Waals surface area contributed by atoms with E-state index in [0.29, 0.717) is 12.2 Å². The number of hydrogen-bond acceptors (Lipinski definition) is 4. The lowest BCUT2D eigenvalue weighted by Gasteiger charge is -2.04. The van der Waals surface area contributed by atoms with E-state index in [-0.39, 0.29) is 6.42 Å². The standard InChI is InChI=1S/C18H17N3O3/c1-24-16-7-5-13(6-8-16)11-21-12-14(10-19-21)17-4-2-3-15(20-17)9-18(22)23/h2-8,10,12H,9,11H2,1H3,(H,22,23). The Hall–Kier alpha value is -3.15. The van der Waals surface area contributed by atoms with Crippen LogP contribution in [-0.2, 0) is 17.8 Å². The Morgan fingerprint density at radius 2 is 2.00 bits per heavy atom. The van der Waals surface area contributed by atoms with Crippen molar-refractivity contribution in [2.75, 3.05) is 7.11 Å². The molecule has 2 aromatic heterocycles. The molecule has 0 radical (unpaired) electrons. The van der Waals surface area contributed by atoms with Gasteiger partial charge < -0.3 is 9.84 Å². The second kappa shape index (κ2) is 6.95. The van der Waals surface area contributed by atoms with Crippen LogP contribution < -0.4 is 4.74 Å². The smallest absolute Gasteiger partial charge is 0.309 e. The molecule has 0 saturated carbocycles. The number of rotatable bonds is 6. The van der Waals surface area contributed by atoms with E-state index >= 15 is 0 Å². The maximum atomic E-state index is 10.8. The minimum absolute atomic E-state index is 0.0895. The monoisotopic (exact) mass is 323 g/mol. The highest BCUT2D eigenvalue weighted by atomic mass is 16.5. The maximum absolute atomic E-state index is 10.8. The van der Waals surface area contributed by atoms with Gasteiger partial charge in [0.2, 0.25) is 0 Å². The van der Waals surface area contributed by atoms with E-state index < -0.39 is 5.97 Å². The van der Waals surface area contributed by atoms with Crippen molar-refractivity contribution in [3.8, 4) is 17.0 Å². The number of aliphatic carboxylic acids is 1.